The lowest BCUT2D eigenvalue weighted by Gasteiger charge is -2.34. The van der Waals surface area contributed by atoms with E-state index in [0.717, 1.165) is 6.07 Å². The molecule has 1 fully saturated rings. The first-order valence-corrected chi connectivity index (χ1v) is 6.09. The number of nitrogens with one attached hydrogen (secondary N) is 1. The first kappa shape index (κ1) is 15.8. The number of anilines is 1. The molecule has 1 aromatic rings. The highest BCUT2D eigenvalue weighted by atomic mass is 19.4. The van der Waals surface area contributed by atoms with Gasteiger partial charge in [0.25, 0.3) is 0 Å². The van der Waals surface area contributed by atoms with E-state index in [0.29, 0.717) is 18.9 Å². The van der Waals surface area contributed by atoms with Gasteiger partial charge in [-0.15, -0.1) is 0 Å². The van der Waals surface area contributed by atoms with Crippen LogP contribution in [0.15, 0.2) is 12.1 Å². The van der Waals surface area contributed by atoms with E-state index in [4.69, 9.17) is 0 Å². The molecule has 2 nitrogen and oxygen atoms in total. The normalized spacial score (nSPS) is 22.8. The minimum atomic E-state index is -5.20. The van der Waals surface area contributed by atoms with Crippen LogP contribution < -0.4 is 5.32 Å². The molecular weight excluding hydrogens is 305 g/mol. The van der Waals surface area contributed by atoms with Crippen molar-refractivity contribution < 1.29 is 30.7 Å². The maximum Gasteiger partial charge on any atom is 0.434 e. The lowest BCUT2D eigenvalue weighted by molar-refractivity contribution is -0.164. The third-order valence-electron chi connectivity index (χ3n) is 3.28. The Balaban J connectivity index is 2.22. The van der Waals surface area contributed by atoms with Gasteiger partial charge in [-0.3, -0.25) is 4.39 Å². The summed E-state index contributed by atoms with van der Waals surface area (Å²) in [5.41, 5.74) is -3.79. The summed E-state index contributed by atoms with van der Waals surface area (Å²) in [6.45, 7) is -0.521. The molecule has 0 spiro atoms. The summed E-state index contributed by atoms with van der Waals surface area (Å²) < 4.78 is 87.9. The molecule has 0 unspecified atom stereocenters. The highest BCUT2D eigenvalue weighted by molar-refractivity contribution is 5.42. The van der Waals surface area contributed by atoms with E-state index in [1.54, 1.807) is 0 Å². The van der Waals surface area contributed by atoms with Gasteiger partial charge in [0.1, 0.15) is 5.82 Å². The van der Waals surface area contributed by atoms with Crippen LogP contribution in [0, 0.1) is 5.92 Å². The number of rotatable bonds is 3. The minimum absolute atomic E-state index is 0.154. The molecule has 1 heterocycles. The summed E-state index contributed by atoms with van der Waals surface area (Å²) in [5.74, 6) is -0.448. The zero-order valence-electron chi connectivity index (χ0n) is 10.5. The second-order valence-corrected chi connectivity index (χ2v) is 4.92. The van der Waals surface area contributed by atoms with Crippen molar-refractivity contribution in [2.75, 3.05) is 12.0 Å². The molecule has 0 saturated heterocycles. The molecule has 0 bridgehead atoms. The maximum atomic E-state index is 12.7. The van der Waals surface area contributed by atoms with Gasteiger partial charge >= 0.3 is 12.4 Å². The van der Waals surface area contributed by atoms with Gasteiger partial charge in [0.05, 0.1) is 12.2 Å². The first-order chi connectivity index (χ1) is 9.61. The zero-order chi connectivity index (χ0) is 15.8. The summed E-state index contributed by atoms with van der Waals surface area (Å²) >= 11 is 0. The van der Waals surface area contributed by atoms with E-state index >= 15 is 0 Å². The highest BCUT2D eigenvalue weighted by Crippen LogP contribution is 2.40. The van der Waals surface area contributed by atoms with Crippen LogP contribution in [0.2, 0.25) is 0 Å². The third-order valence-corrected chi connectivity index (χ3v) is 3.28. The molecule has 0 atom stereocenters. The Labute approximate surface area is 115 Å². The summed E-state index contributed by atoms with van der Waals surface area (Å²) in [7, 11) is 0. The molecule has 1 aliphatic carbocycles. The van der Waals surface area contributed by atoms with Crippen molar-refractivity contribution in [3.63, 3.8) is 0 Å². The average Bonchev–Trinajstić information content (AvgIpc) is 2.30. The maximum absolute atomic E-state index is 12.7. The fourth-order valence-corrected chi connectivity index (χ4v) is 2.17. The number of aromatic nitrogens is 1. The average molecular weight is 316 g/mol. The molecule has 0 amide bonds. The predicted molar refractivity (Wildman–Crippen MR) is 60.4 cm³/mol. The Kier molecular flexibility index (Phi) is 4.03. The minimum Gasteiger partial charge on any atom is -0.367 e. The molecule has 1 saturated carbocycles. The van der Waals surface area contributed by atoms with Gasteiger partial charge in [-0.1, -0.05) is 0 Å². The highest BCUT2D eigenvalue weighted by Gasteiger charge is 2.45. The van der Waals surface area contributed by atoms with Gasteiger partial charge in [-0.05, 0) is 30.9 Å². The first-order valence-electron chi connectivity index (χ1n) is 6.09. The Hall–Kier alpha value is -1.54. The molecule has 0 aromatic carbocycles. The Morgan fingerprint density at radius 3 is 2.14 bits per heavy atom. The Morgan fingerprint density at radius 1 is 1.05 bits per heavy atom. The van der Waals surface area contributed by atoms with Crippen LogP contribution in [-0.2, 0) is 12.4 Å². The quantitative estimate of drug-likeness (QED) is 0.842. The molecular formula is C12H11F7N2. The van der Waals surface area contributed by atoms with Gasteiger partial charge in [-0.2, -0.15) is 26.3 Å². The molecule has 2 rings (SSSR count). The monoisotopic (exact) mass is 316 g/mol. The zero-order valence-corrected chi connectivity index (χ0v) is 10.5. The van der Waals surface area contributed by atoms with Crippen molar-refractivity contribution in [1.29, 1.82) is 0 Å². The number of hydrogen-bond acceptors (Lipinski definition) is 2. The van der Waals surface area contributed by atoms with E-state index < -0.39 is 30.3 Å². The topological polar surface area (TPSA) is 24.9 Å². The van der Waals surface area contributed by atoms with Crippen molar-refractivity contribution in [2.45, 2.75) is 31.2 Å². The SMILES string of the molecule is FCC1CC(Nc2ccc(C(F)(F)F)c(C(F)(F)F)n2)C1. The molecule has 21 heavy (non-hydrogen) atoms. The van der Waals surface area contributed by atoms with Crippen molar-refractivity contribution in [2.24, 2.45) is 5.92 Å². The molecule has 118 valence electrons. The number of alkyl halides is 7. The molecule has 0 aliphatic heterocycles. The molecule has 9 heteroatoms. The smallest absolute Gasteiger partial charge is 0.367 e. The van der Waals surface area contributed by atoms with Crippen LogP contribution in [-0.4, -0.2) is 17.7 Å². The Morgan fingerprint density at radius 2 is 1.67 bits per heavy atom. The van der Waals surface area contributed by atoms with Crippen LogP contribution in [0.25, 0.3) is 0 Å². The lowest BCUT2D eigenvalue weighted by Crippen LogP contribution is -2.36. The fourth-order valence-electron chi connectivity index (χ4n) is 2.17. The predicted octanol–water partition coefficient (Wildman–Crippen LogP) is 4.28. The van der Waals surface area contributed by atoms with Crippen molar-refractivity contribution in [3.05, 3.63) is 23.4 Å². The van der Waals surface area contributed by atoms with Gasteiger partial charge in [-0.25, -0.2) is 4.98 Å². The van der Waals surface area contributed by atoms with E-state index in [-0.39, 0.29) is 17.8 Å². The van der Waals surface area contributed by atoms with E-state index in [1.165, 1.54) is 0 Å². The van der Waals surface area contributed by atoms with Crippen LogP contribution in [0.3, 0.4) is 0 Å². The van der Waals surface area contributed by atoms with Gasteiger partial charge < -0.3 is 5.32 Å². The van der Waals surface area contributed by atoms with Crippen molar-refractivity contribution in [1.82, 2.24) is 4.98 Å². The van der Waals surface area contributed by atoms with Crippen molar-refractivity contribution in [3.8, 4) is 0 Å². The van der Waals surface area contributed by atoms with Gasteiger partial charge in [0, 0.05) is 6.04 Å². The molecule has 1 aromatic heterocycles. The largest absolute Gasteiger partial charge is 0.434 e. The number of pyridine rings is 1. The summed E-state index contributed by atoms with van der Waals surface area (Å²) in [6.07, 6.45) is -9.50. The number of hydrogen-bond donors (Lipinski definition) is 1. The van der Waals surface area contributed by atoms with Crippen LogP contribution >= 0.6 is 0 Å². The molecule has 0 radical (unpaired) electrons. The third kappa shape index (κ3) is 3.56. The van der Waals surface area contributed by atoms with E-state index in [1.807, 2.05) is 0 Å². The standard InChI is InChI=1S/C12H11F7N2/c13-5-6-3-7(4-6)20-9-2-1-8(11(14,15)16)10(21-9)12(17,18)19/h1-2,6-7H,3-5H2,(H,20,21). The Bertz CT molecular complexity index is 503. The number of halogens is 7. The van der Waals surface area contributed by atoms with E-state index in [2.05, 4.69) is 10.3 Å². The summed E-state index contributed by atoms with van der Waals surface area (Å²) in [6, 6.07) is 0.931. The van der Waals surface area contributed by atoms with Gasteiger partial charge in [0.2, 0.25) is 0 Å². The van der Waals surface area contributed by atoms with Gasteiger partial charge in [0.15, 0.2) is 5.69 Å². The second kappa shape index (κ2) is 5.34. The molecule has 1 N–H and O–H groups in total. The van der Waals surface area contributed by atoms with Crippen LogP contribution in [0.5, 0.6) is 0 Å². The van der Waals surface area contributed by atoms with Crippen LogP contribution in [0.1, 0.15) is 24.1 Å². The summed E-state index contributed by atoms with van der Waals surface area (Å²) in [4.78, 5) is 3.03. The van der Waals surface area contributed by atoms with Crippen molar-refractivity contribution >= 4 is 5.82 Å². The summed E-state index contributed by atoms with van der Waals surface area (Å²) in [5, 5.41) is 2.59. The van der Waals surface area contributed by atoms with E-state index in [9.17, 15) is 30.7 Å². The fraction of sp³-hybridized carbons (Fsp3) is 0.583. The lowest BCUT2D eigenvalue weighted by atomic mass is 9.81. The molecule has 1 aliphatic rings. The second-order valence-electron chi connectivity index (χ2n) is 4.92. The van der Waals surface area contributed by atoms with Crippen LogP contribution in [0.4, 0.5) is 36.6 Å². The number of nitrogens with zero attached hydrogens (tertiary/aromatic N) is 1.